The monoisotopic (exact) mass is 250 g/mol. The van der Waals surface area contributed by atoms with Gasteiger partial charge in [0.2, 0.25) is 0 Å². The van der Waals surface area contributed by atoms with Gasteiger partial charge in [-0.1, -0.05) is 32.8 Å². The first kappa shape index (κ1) is 16.8. The zero-order valence-corrected chi connectivity index (χ0v) is 11.9. The molecule has 0 aliphatic rings. The quantitative estimate of drug-likeness (QED) is 0.265. The molecule has 0 aliphatic carbocycles. The van der Waals surface area contributed by atoms with Crippen LogP contribution in [0.3, 0.4) is 0 Å². The number of carbonyl (C=O) groups is 1. The highest BCUT2D eigenvalue weighted by molar-refractivity contribution is 5.86. The van der Waals surface area contributed by atoms with Gasteiger partial charge < -0.3 is 4.74 Å². The van der Waals surface area contributed by atoms with E-state index < -0.39 is 0 Å². The minimum Gasteiger partial charge on any atom is -0.462 e. The molecule has 2 heteroatoms. The molecule has 0 aromatic rings. The van der Waals surface area contributed by atoms with Gasteiger partial charge in [0.25, 0.3) is 0 Å². The van der Waals surface area contributed by atoms with E-state index in [1.807, 2.05) is 0 Å². The molecule has 0 atom stereocenters. The van der Waals surface area contributed by atoms with Crippen LogP contribution in [0.4, 0.5) is 0 Å². The van der Waals surface area contributed by atoms with Crippen molar-refractivity contribution in [1.82, 2.24) is 0 Å². The standard InChI is InChI=1S/C16H26O2/c1-4-5-6-7-8-9-10-11-12-13-14-18-16(17)15(2)3/h2,4-6,9-14H2,1,3H3. The molecule has 0 aromatic heterocycles. The number of esters is 1. The van der Waals surface area contributed by atoms with Crippen LogP contribution in [0.1, 0.15) is 65.2 Å². The number of ether oxygens (including phenoxy) is 1. The fourth-order valence-electron chi connectivity index (χ4n) is 1.40. The van der Waals surface area contributed by atoms with Crippen LogP contribution in [-0.2, 0) is 9.53 Å². The zero-order valence-electron chi connectivity index (χ0n) is 11.9. The molecular formula is C16H26O2. The van der Waals surface area contributed by atoms with Gasteiger partial charge in [0.15, 0.2) is 0 Å². The van der Waals surface area contributed by atoms with Crippen molar-refractivity contribution in [1.29, 1.82) is 0 Å². The van der Waals surface area contributed by atoms with Crippen molar-refractivity contribution in [3.8, 4) is 11.8 Å². The van der Waals surface area contributed by atoms with Crippen LogP contribution in [0.5, 0.6) is 0 Å². The molecule has 0 aromatic carbocycles. The van der Waals surface area contributed by atoms with Gasteiger partial charge in [0.05, 0.1) is 6.61 Å². The molecule has 0 unspecified atom stereocenters. The molecule has 0 saturated carbocycles. The maximum Gasteiger partial charge on any atom is 0.333 e. The van der Waals surface area contributed by atoms with Crippen LogP contribution >= 0.6 is 0 Å². The van der Waals surface area contributed by atoms with E-state index in [0.717, 1.165) is 38.5 Å². The van der Waals surface area contributed by atoms with Gasteiger partial charge in [-0.15, -0.1) is 11.8 Å². The maximum atomic E-state index is 11.1. The molecule has 0 radical (unpaired) electrons. The molecule has 0 saturated heterocycles. The van der Waals surface area contributed by atoms with E-state index in [1.54, 1.807) is 6.92 Å². The second-order valence-corrected chi connectivity index (χ2v) is 4.54. The van der Waals surface area contributed by atoms with Crippen molar-refractivity contribution in [3.05, 3.63) is 12.2 Å². The SMILES string of the molecule is C=C(C)C(=O)OCCCCCCC#CCCCC. The Bertz CT molecular complexity index is 294. The van der Waals surface area contributed by atoms with Gasteiger partial charge >= 0.3 is 5.97 Å². The Balaban J connectivity index is 3.23. The van der Waals surface area contributed by atoms with Crippen molar-refractivity contribution in [2.75, 3.05) is 6.61 Å². The number of unbranched alkanes of at least 4 members (excludes halogenated alkanes) is 6. The van der Waals surface area contributed by atoms with E-state index in [9.17, 15) is 4.79 Å². The van der Waals surface area contributed by atoms with E-state index in [-0.39, 0.29) is 5.97 Å². The summed E-state index contributed by atoms with van der Waals surface area (Å²) >= 11 is 0. The topological polar surface area (TPSA) is 26.3 Å². The molecule has 0 fully saturated rings. The molecule has 102 valence electrons. The van der Waals surface area contributed by atoms with E-state index >= 15 is 0 Å². The highest BCUT2D eigenvalue weighted by Gasteiger charge is 2.01. The molecule has 0 aliphatic heterocycles. The Morgan fingerprint density at radius 2 is 1.67 bits per heavy atom. The first-order valence-corrected chi connectivity index (χ1v) is 6.96. The summed E-state index contributed by atoms with van der Waals surface area (Å²) in [6.07, 6.45) is 8.80. The second-order valence-electron chi connectivity index (χ2n) is 4.54. The van der Waals surface area contributed by atoms with Crippen LogP contribution in [0.25, 0.3) is 0 Å². The zero-order chi connectivity index (χ0) is 13.6. The molecular weight excluding hydrogens is 224 g/mol. The molecule has 0 spiro atoms. The Kier molecular flexibility index (Phi) is 11.4. The second kappa shape index (κ2) is 12.2. The van der Waals surface area contributed by atoms with Crippen LogP contribution in [0.15, 0.2) is 12.2 Å². The molecule has 0 bridgehead atoms. The average molecular weight is 250 g/mol. The summed E-state index contributed by atoms with van der Waals surface area (Å²) in [4.78, 5) is 11.1. The van der Waals surface area contributed by atoms with Gasteiger partial charge in [0, 0.05) is 18.4 Å². The first-order valence-electron chi connectivity index (χ1n) is 6.96. The number of rotatable bonds is 9. The van der Waals surface area contributed by atoms with Crippen molar-refractivity contribution >= 4 is 5.97 Å². The third kappa shape index (κ3) is 11.3. The largest absolute Gasteiger partial charge is 0.462 e. The third-order valence-corrected chi connectivity index (χ3v) is 2.56. The smallest absolute Gasteiger partial charge is 0.333 e. The lowest BCUT2D eigenvalue weighted by molar-refractivity contribution is -0.139. The molecule has 0 rings (SSSR count). The normalized spacial score (nSPS) is 9.44. The Morgan fingerprint density at radius 3 is 2.28 bits per heavy atom. The average Bonchev–Trinajstić information content (AvgIpc) is 2.35. The molecule has 0 heterocycles. The molecule has 2 nitrogen and oxygen atoms in total. The Morgan fingerprint density at radius 1 is 1.06 bits per heavy atom. The van der Waals surface area contributed by atoms with Crippen LogP contribution in [0, 0.1) is 11.8 Å². The fraction of sp³-hybridized carbons (Fsp3) is 0.688. The van der Waals surface area contributed by atoms with Gasteiger partial charge in [-0.25, -0.2) is 4.79 Å². The fourth-order valence-corrected chi connectivity index (χ4v) is 1.40. The van der Waals surface area contributed by atoms with Gasteiger partial charge in [-0.3, -0.25) is 0 Å². The van der Waals surface area contributed by atoms with Gasteiger partial charge in [-0.05, 0) is 26.2 Å². The summed E-state index contributed by atoms with van der Waals surface area (Å²) in [7, 11) is 0. The maximum absolute atomic E-state index is 11.1. The third-order valence-electron chi connectivity index (χ3n) is 2.56. The summed E-state index contributed by atoms with van der Waals surface area (Å²) in [5, 5.41) is 0. The van der Waals surface area contributed by atoms with E-state index in [1.165, 1.54) is 12.8 Å². The van der Waals surface area contributed by atoms with Gasteiger partial charge in [0.1, 0.15) is 0 Å². The number of hydrogen-bond acceptors (Lipinski definition) is 2. The minimum absolute atomic E-state index is 0.281. The highest BCUT2D eigenvalue weighted by atomic mass is 16.5. The van der Waals surface area contributed by atoms with Crippen molar-refractivity contribution < 1.29 is 9.53 Å². The van der Waals surface area contributed by atoms with E-state index in [0.29, 0.717) is 12.2 Å². The predicted molar refractivity (Wildman–Crippen MR) is 76.2 cm³/mol. The summed E-state index contributed by atoms with van der Waals surface area (Å²) in [6, 6.07) is 0. The summed E-state index contributed by atoms with van der Waals surface area (Å²) < 4.78 is 5.01. The van der Waals surface area contributed by atoms with Crippen LogP contribution in [-0.4, -0.2) is 12.6 Å². The number of hydrogen-bond donors (Lipinski definition) is 0. The van der Waals surface area contributed by atoms with Crippen LogP contribution in [0.2, 0.25) is 0 Å². The molecule has 18 heavy (non-hydrogen) atoms. The van der Waals surface area contributed by atoms with Crippen LogP contribution < -0.4 is 0 Å². The molecule has 0 amide bonds. The Labute approximate surface area is 112 Å². The summed E-state index contributed by atoms with van der Waals surface area (Å²) in [5.74, 6) is 6.10. The lowest BCUT2D eigenvalue weighted by Crippen LogP contribution is -2.05. The summed E-state index contributed by atoms with van der Waals surface area (Å²) in [5.41, 5.74) is 0.470. The Hall–Kier alpha value is -1.23. The van der Waals surface area contributed by atoms with Gasteiger partial charge in [-0.2, -0.15) is 0 Å². The number of carbonyl (C=O) groups excluding carboxylic acids is 1. The van der Waals surface area contributed by atoms with Crippen molar-refractivity contribution in [2.45, 2.75) is 65.2 Å². The predicted octanol–water partition coefficient (Wildman–Crippen LogP) is 4.25. The van der Waals surface area contributed by atoms with Crippen molar-refractivity contribution in [2.24, 2.45) is 0 Å². The summed E-state index contributed by atoms with van der Waals surface area (Å²) in [6.45, 7) is 7.89. The highest BCUT2D eigenvalue weighted by Crippen LogP contribution is 2.03. The lowest BCUT2D eigenvalue weighted by atomic mass is 10.1. The van der Waals surface area contributed by atoms with E-state index in [4.69, 9.17) is 4.74 Å². The van der Waals surface area contributed by atoms with E-state index in [2.05, 4.69) is 25.3 Å². The first-order chi connectivity index (χ1) is 8.68. The molecule has 0 N–H and O–H groups in total. The van der Waals surface area contributed by atoms with Crippen molar-refractivity contribution in [3.63, 3.8) is 0 Å². The minimum atomic E-state index is -0.281. The lowest BCUT2D eigenvalue weighted by Gasteiger charge is -2.03.